The predicted molar refractivity (Wildman–Crippen MR) is 69.5 cm³/mol. The van der Waals surface area contributed by atoms with Crippen LogP contribution in [0.2, 0.25) is 5.02 Å². The number of hydrogen-bond acceptors (Lipinski definition) is 3. The number of aromatic nitrogens is 1. The molecule has 17 heavy (non-hydrogen) atoms. The molecule has 0 saturated heterocycles. The lowest BCUT2D eigenvalue weighted by Gasteiger charge is -2.11. The summed E-state index contributed by atoms with van der Waals surface area (Å²) in [4.78, 5) is 4.23. The van der Waals surface area contributed by atoms with Crippen LogP contribution in [0, 0.1) is 0 Å². The zero-order valence-corrected chi connectivity index (χ0v) is 10.8. The zero-order chi connectivity index (χ0) is 12.3. The number of halogens is 2. The topological polar surface area (TPSA) is 31.4 Å². The Morgan fingerprint density at radius 3 is 2.82 bits per heavy atom. The molecule has 0 aliphatic rings. The van der Waals surface area contributed by atoms with Crippen LogP contribution in [0.25, 0.3) is 10.9 Å². The molecule has 0 amide bonds. The van der Waals surface area contributed by atoms with E-state index in [0.717, 1.165) is 10.9 Å². The van der Waals surface area contributed by atoms with E-state index in [4.69, 9.17) is 32.7 Å². The van der Waals surface area contributed by atoms with Gasteiger partial charge >= 0.3 is 0 Å². The molecular weight excluding hydrogens is 261 g/mol. The summed E-state index contributed by atoms with van der Waals surface area (Å²) < 4.78 is 10.7. The lowest BCUT2D eigenvalue weighted by atomic mass is 10.2. The Bertz CT molecular complexity index is 531. The lowest BCUT2D eigenvalue weighted by molar-refractivity contribution is 0.313. The third-order valence-corrected chi connectivity index (χ3v) is 2.79. The quantitative estimate of drug-likeness (QED) is 0.798. The van der Waals surface area contributed by atoms with E-state index in [0.29, 0.717) is 29.0 Å². The third kappa shape index (κ3) is 2.56. The van der Waals surface area contributed by atoms with E-state index < -0.39 is 0 Å². The van der Waals surface area contributed by atoms with Gasteiger partial charge in [0.15, 0.2) is 11.5 Å². The molecule has 3 nitrogen and oxygen atoms in total. The number of nitrogens with zero attached hydrogens (tertiary/aromatic N) is 1. The molecule has 0 saturated carbocycles. The van der Waals surface area contributed by atoms with Gasteiger partial charge in [0, 0.05) is 17.6 Å². The summed E-state index contributed by atoms with van der Waals surface area (Å²) in [5.74, 6) is 1.66. The van der Waals surface area contributed by atoms with Gasteiger partial charge in [0.1, 0.15) is 6.61 Å². The molecule has 5 heteroatoms. The maximum absolute atomic E-state index is 6.09. The van der Waals surface area contributed by atoms with Crippen LogP contribution in [-0.4, -0.2) is 24.6 Å². The van der Waals surface area contributed by atoms with Crippen molar-refractivity contribution in [1.29, 1.82) is 0 Å². The summed E-state index contributed by atoms with van der Waals surface area (Å²) in [5.41, 5.74) is 0.767. The molecule has 1 heterocycles. The molecule has 0 atom stereocenters. The van der Waals surface area contributed by atoms with Gasteiger partial charge in [-0.15, -0.1) is 11.6 Å². The van der Waals surface area contributed by atoms with Gasteiger partial charge in [-0.2, -0.15) is 0 Å². The van der Waals surface area contributed by atoms with Crippen molar-refractivity contribution in [3.05, 3.63) is 29.4 Å². The van der Waals surface area contributed by atoms with Crippen molar-refractivity contribution in [1.82, 2.24) is 4.98 Å². The largest absolute Gasteiger partial charge is 0.493 e. The molecule has 1 aromatic heterocycles. The summed E-state index contributed by atoms with van der Waals surface area (Å²) in [6.07, 6.45) is 1.66. The van der Waals surface area contributed by atoms with E-state index in [-0.39, 0.29) is 0 Å². The van der Waals surface area contributed by atoms with Crippen LogP contribution in [-0.2, 0) is 0 Å². The molecule has 0 spiro atoms. The van der Waals surface area contributed by atoms with Gasteiger partial charge in [0.05, 0.1) is 23.5 Å². The van der Waals surface area contributed by atoms with Crippen LogP contribution in [0.4, 0.5) is 0 Å². The van der Waals surface area contributed by atoms with Crippen LogP contribution in [0.15, 0.2) is 24.4 Å². The average molecular weight is 272 g/mol. The Kier molecular flexibility index (Phi) is 3.92. The Balaban J connectivity index is 2.52. The zero-order valence-electron chi connectivity index (χ0n) is 9.24. The van der Waals surface area contributed by atoms with Gasteiger partial charge in [-0.3, -0.25) is 4.98 Å². The first kappa shape index (κ1) is 12.3. The SMILES string of the molecule is COc1cc2c(Cl)ccnc2cc1OCCCl. The van der Waals surface area contributed by atoms with Crippen LogP contribution in [0.5, 0.6) is 11.5 Å². The molecule has 0 aliphatic carbocycles. The fourth-order valence-electron chi connectivity index (χ4n) is 1.54. The normalized spacial score (nSPS) is 10.5. The molecule has 2 rings (SSSR count). The summed E-state index contributed by atoms with van der Waals surface area (Å²) >= 11 is 11.7. The fourth-order valence-corrected chi connectivity index (χ4v) is 1.83. The number of benzene rings is 1. The second-order valence-electron chi connectivity index (χ2n) is 3.35. The van der Waals surface area contributed by atoms with Crippen molar-refractivity contribution in [3.8, 4) is 11.5 Å². The molecule has 2 aromatic rings. The van der Waals surface area contributed by atoms with Crippen molar-refractivity contribution in [2.24, 2.45) is 0 Å². The second kappa shape index (κ2) is 5.43. The molecule has 0 fully saturated rings. The molecule has 0 unspecified atom stereocenters. The number of rotatable bonds is 4. The van der Waals surface area contributed by atoms with Crippen molar-refractivity contribution >= 4 is 34.1 Å². The minimum absolute atomic E-state index is 0.421. The van der Waals surface area contributed by atoms with E-state index >= 15 is 0 Å². The first-order valence-corrected chi connectivity index (χ1v) is 5.98. The third-order valence-electron chi connectivity index (χ3n) is 2.31. The van der Waals surface area contributed by atoms with Crippen LogP contribution in [0.3, 0.4) is 0 Å². The molecule has 0 radical (unpaired) electrons. The summed E-state index contributed by atoms with van der Waals surface area (Å²) in [6, 6.07) is 5.35. The molecule has 1 aromatic carbocycles. The number of fused-ring (bicyclic) bond motifs is 1. The van der Waals surface area contributed by atoms with E-state index in [1.165, 1.54) is 0 Å². The summed E-state index contributed by atoms with van der Waals surface area (Å²) in [6.45, 7) is 0.421. The molecule has 0 N–H and O–H groups in total. The fraction of sp³-hybridized carbons (Fsp3) is 0.250. The van der Waals surface area contributed by atoms with Crippen molar-refractivity contribution in [2.75, 3.05) is 19.6 Å². The first-order chi connectivity index (χ1) is 8.26. The van der Waals surface area contributed by atoms with E-state index in [2.05, 4.69) is 4.98 Å². The minimum Gasteiger partial charge on any atom is -0.493 e. The number of ether oxygens (including phenoxy) is 2. The highest BCUT2D eigenvalue weighted by atomic mass is 35.5. The minimum atomic E-state index is 0.421. The van der Waals surface area contributed by atoms with Crippen molar-refractivity contribution in [2.45, 2.75) is 0 Å². The smallest absolute Gasteiger partial charge is 0.163 e. The summed E-state index contributed by atoms with van der Waals surface area (Å²) in [7, 11) is 1.58. The van der Waals surface area contributed by atoms with Gasteiger partial charge in [0.25, 0.3) is 0 Å². The maximum atomic E-state index is 6.09. The molecule has 0 bridgehead atoms. The predicted octanol–water partition coefficient (Wildman–Crippen LogP) is 3.51. The maximum Gasteiger partial charge on any atom is 0.163 e. The number of hydrogen-bond donors (Lipinski definition) is 0. The van der Waals surface area contributed by atoms with Gasteiger partial charge in [0.2, 0.25) is 0 Å². The Hall–Kier alpha value is -1.19. The van der Waals surface area contributed by atoms with E-state index in [9.17, 15) is 0 Å². The van der Waals surface area contributed by atoms with Gasteiger partial charge in [-0.1, -0.05) is 11.6 Å². The standard InChI is InChI=1S/C12H11Cl2NO2/c1-16-11-6-8-9(14)2-4-15-10(8)7-12(11)17-5-3-13/h2,4,6-7H,3,5H2,1H3. The Labute approximate surface area is 109 Å². The van der Waals surface area contributed by atoms with Crippen LogP contribution in [0.1, 0.15) is 0 Å². The highest BCUT2D eigenvalue weighted by Gasteiger charge is 2.09. The van der Waals surface area contributed by atoms with Crippen molar-refractivity contribution in [3.63, 3.8) is 0 Å². The highest BCUT2D eigenvalue weighted by Crippen LogP contribution is 2.34. The summed E-state index contributed by atoms with van der Waals surface area (Å²) in [5, 5.41) is 1.47. The second-order valence-corrected chi connectivity index (χ2v) is 4.14. The first-order valence-electron chi connectivity index (χ1n) is 5.07. The Morgan fingerprint density at radius 2 is 2.12 bits per heavy atom. The Morgan fingerprint density at radius 1 is 1.29 bits per heavy atom. The lowest BCUT2D eigenvalue weighted by Crippen LogP contribution is -2.00. The van der Waals surface area contributed by atoms with Crippen LogP contribution >= 0.6 is 23.2 Å². The van der Waals surface area contributed by atoms with E-state index in [1.54, 1.807) is 25.4 Å². The molecular formula is C12H11Cl2NO2. The molecule has 0 aliphatic heterocycles. The molecule has 90 valence electrons. The van der Waals surface area contributed by atoms with E-state index in [1.807, 2.05) is 6.07 Å². The van der Waals surface area contributed by atoms with Gasteiger partial charge in [-0.05, 0) is 12.1 Å². The number of pyridine rings is 1. The number of methoxy groups -OCH3 is 1. The number of alkyl halides is 1. The van der Waals surface area contributed by atoms with Gasteiger partial charge < -0.3 is 9.47 Å². The van der Waals surface area contributed by atoms with Crippen molar-refractivity contribution < 1.29 is 9.47 Å². The monoisotopic (exact) mass is 271 g/mol. The highest BCUT2D eigenvalue weighted by molar-refractivity contribution is 6.35. The van der Waals surface area contributed by atoms with Gasteiger partial charge in [-0.25, -0.2) is 0 Å². The van der Waals surface area contributed by atoms with Crippen LogP contribution < -0.4 is 9.47 Å². The average Bonchev–Trinajstić information content (AvgIpc) is 2.36.